The third kappa shape index (κ3) is 2.20. The Labute approximate surface area is 90.3 Å². The molecule has 0 radical (unpaired) electrons. The average molecular weight is 209 g/mol. The number of aromatic nitrogens is 3. The van der Waals surface area contributed by atoms with Crippen LogP contribution in [0.1, 0.15) is 50.9 Å². The van der Waals surface area contributed by atoms with Gasteiger partial charge in [0.15, 0.2) is 5.82 Å². The van der Waals surface area contributed by atoms with E-state index in [0.717, 1.165) is 5.92 Å². The maximum absolute atomic E-state index is 9.14. The van der Waals surface area contributed by atoms with E-state index in [1.807, 2.05) is 0 Å². The van der Waals surface area contributed by atoms with Crippen LogP contribution in [-0.4, -0.2) is 19.9 Å². The van der Waals surface area contributed by atoms with Gasteiger partial charge in [-0.05, 0) is 18.8 Å². The quantitative estimate of drug-likeness (QED) is 0.827. The fourth-order valence-electron chi connectivity index (χ4n) is 2.57. The predicted octanol–water partition coefficient (Wildman–Crippen LogP) is 1.91. The standard InChI is InChI=1S/C11H19N3O/c1-2-9-4-3-5-10(6-9)14-8-12-13-11(14)7-15/h8-10,15H,2-7H2,1H3. The van der Waals surface area contributed by atoms with Gasteiger partial charge in [0.1, 0.15) is 12.9 Å². The minimum absolute atomic E-state index is 0.00666. The summed E-state index contributed by atoms with van der Waals surface area (Å²) in [6, 6.07) is 0.501. The molecule has 1 saturated carbocycles. The van der Waals surface area contributed by atoms with Crippen LogP contribution in [0.25, 0.3) is 0 Å². The SMILES string of the molecule is CCC1CCCC(n2cnnc2CO)C1. The van der Waals surface area contributed by atoms with Gasteiger partial charge in [-0.15, -0.1) is 10.2 Å². The van der Waals surface area contributed by atoms with Gasteiger partial charge in [0.2, 0.25) is 0 Å². The number of aliphatic hydroxyl groups is 1. The number of aliphatic hydroxyl groups excluding tert-OH is 1. The second kappa shape index (κ2) is 4.75. The van der Waals surface area contributed by atoms with E-state index in [1.54, 1.807) is 6.33 Å². The molecular formula is C11H19N3O. The van der Waals surface area contributed by atoms with Crippen LogP contribution in [0.3, 0.4) is 0 Å². The first kappa shape index (κ1) is 10.6. The van der Waals surface area contributed by atoms with E-state index >= 15 is 0 Å². The minimum Gasteiger partial charge on any atom is -0.388 e. The molecule has 2 atom stereocenters. The summed E-state index contributed by atoms with van der Waals surface area (Å²) in [5.41, 5.74) is 0. The summed E-state index contributed by atoms with van der Waals surface area (Å²) in [4.78, 5) is 0. The molecule has 84 valence electrons. The molecule has 1 aromatic heterocycles. The normalized spacial score (nSPS) is 26.8. The van der Waals surface area contributed by atoms with Gasteiger partial charge in [0.05, 0.1) is 0 Å². The molecule has 1 aliphatic carbocycles. The van der Waals surface area contributed by atoms with Crippen molar-refractivity contribution in [3.8, 4) is 0 Å². The van der Waals surface area contributed by atoms with Crippen molar-refractivity contribution in [3.63, 3.8) is 0 Å². The Morgan fingerprint density at radius 2 is 2.40 bits per heavy atom. The molecule has 2 unspecified atom stereocenters. The zero-order chi connectivity index (χ0) is 10.7. The molecule has 1 heterocycles. The Morgan fingerprint density at radius 1 is 1.53 bits per heavy atom. The van der Waals surface area contributed by atoms with Crippen LogP contribution in [0.15, 0.2) is 6.33 Å². The second-order valence-electron chi connectivity index (χ2n) is 4.41. The van der Waals surface area contributed by atoms with Crippen LogP contribution in [0, 0.1) is 5.92 Å². The molecule has 0 amide bonds. The van der Waals surface area contributed by atoms with Gasteiger partial charge >= 0.3 is 0 Å². The van der Waals surface area contributed by atoms with Crippen molar-refractivity contribution < 1.29 is 5.11 Å². The smallest absolute Gasteiger partial charge is 0.158 e. The summed E-state index contributed by atoms with van der Waals surface area (Å²) in [7, 11) is 0. The fraction of sp³-hybridized carbons (Fsp3) is 0.818. The highest BCUT2D eigenvalue weighted by molar-refractivity contribution is 4.89. The monoisotopic (exact) mass is 209 g/mol. The van der Waals surface area contributed by atoms with Crippen molar-refractivity contribution in [2.75, 3.05) is 0 Å². The lowest BCUT2D eigenvalue weighted by Gasteiger charge is -2.29. The van der Waals surface area contributed by atoms with E-state index in [-0.39, 0.29) is 6.61 Å². The van der Waals surface area contributed by atoms with Crippen molar-refractivity contribution in [2.24, 2.45) is 5.92 Å². The van der Waals surface area contributed by atoms with E-state index in [4.69, 9.17) is 5.11 Å². The number of hydrogen-bond acceptors (Lipinski definition) is 3. The molecule has 0 aliphatic heterocycles. The van der Waals surface area contributed by atoms with E-state index in [2.05, 4.69) is 21.7 Å². The predicted molar refractivity (Wildman–Crippen MR) is 57.2 cm³/mol. The maximum atomic E-state index is 9.14. The zero-order valence-electron chi connectivity index (χ0n) is 9.26. The van der Waals surface area contributed by atoms with Gasteiger partial charge in [0, 0.05) is 6.04 Å². The second-order valence-corrected chi connectivity index (χ2v) is 4.41. The van der Waals surface area contributed by atoms with E-state index in [9.17, 15) is 0 Å². The lowest BCUT2D eigenvalue weighted by Crippen LogP contribution is -2.20. The first-order valence-corrected chi connectivity index (χ1v) is 5.84. The van der Waals surface area contributed by atoms with Gasteiger partial charge in [-0.3, -0.25) is 0 Å². The highest BCUT2D eigenvalue weighted by atomic mass is 16.3. The molecule has 0 saturated heterocycles. The van der Waals surface area contributed by atoms with E-state index in [0.29, 0.717) is 11.9 Å². The first-order chi connectivity index (χ1) is 7.35. The molecule has 0 spiro atoms. The van der Waals surface area contributed by atoms with E-state index in [1.165, 1.54) is 32.1 Å². The van der Waals surface area contributed by atoms with Gasteiger partial charge in [-0.1, -0.05) is 26.2 Å². The Morgan fingerprint density at radius 3 is 3.13 bits per heavy atom. The molecule has 1 N–H and O–H groups in total. The summed E-state index contributed by atoms with van der Waals surface area (Å²) in [6.45, 7) is 2.25. The highest BCUT2D eigenvalue weighted by Crippen LogP contribution is 2.34. The van der Waals surface area contributed by atoms with Crippen molar-refractivity contribution in [2.45, 2.75) is 51.7 Å². The topological polar surface area (TPSA) is 50.9 Å². The van der Waals surface area contributed by atoms with Crippen LogP contribution in [-0.2, 0) is 6.61 Å². The summed E-state index contributed by atoms with van der Waals surface area (Å²) in [5.74, 6) is 1.54. The molecule has 1 fully saturated rings. The van der Waals surface area contributed by atoms with Gasteiger partial charge in [-0.25, -0.2) is 0 Å². The molecular weight excluding hydrogens is 190 g/mol. The van der Waals surface area contributed by atoms with Crippen molar-refractivity contribution in [1.29, 1.82) is 0 Å². The Bertz CT molecular complexity index is 311. The average Bonchev–Trinajstić information content (AvgIpc) is 2.77. The zero-order valence-corrected chi connectivity index (χ0v) is 9.26. The van der Waals surface area contributed by atoms with Crippen molar-refractivity contribution >= 4 is 0 Å². The molecule has 0 aromatic carbocycles. The molecule has 1 aliphatic rings. The van der Waals surface area contributed by atoms with Crippen LogP contribution in [0.2, 0.25) is 0 Å². The Balaban J connectivity index is 2.09. The summed E-state index contributed by atoms with van der Waals surface area (Å²) >= 11 is 0. The molecule has 1 aromatic rings. The van der Waals surface area contributed by atoms with E-state index < -0.39 is 0 Å². The molecule has 4 nitrogen and oxygen atoms in total. The van der Waals surface area contributed by atoms with Gasteiger partial charge < -0.3 is 9.67 Å². The summed E-state index contributed by atoms with van der Waals surface area (Å²) in [5, 5.41) is 16.9. The minimum atomic E-state index is -0.00666. The molecule has 15 heavy (non-hydrogen) atoms. The number of nitrogens with zero attached hydrogens (tertiary/aromatic N) is 3. The van der Waals surface area contributed by atoms with Crippen LogP contribution in [0.4, 0.5) is 0 Å². The van der Waals surface area contributed by atoms with Crippen molar-refractivity contribution in [3.05, 3.63) is 12.2 Å². The molecule has 0 bridgehead atoms. The largest absolute Gasteiger partial charge is 0.388 e. The first-order valence-electron chi connectivity index (χ1n) is 5.84. The Kier molecular flexibility index (Phi) is 3.36. The molecule has 4 heteroatoms. The maximum Gasteiger partial charge on any atom is 0.158 e. The third-order valence-corrected chi connectivity index (χ3v) is 3.51. The lowest BCUT2D eigenvalue weighted by molar-refractivity contribution is 0.228. The van der Waals surface area contributed by atoms with Gasteiger partial charge in [0.25, 0.3) is 0 Å². The van der Waals surface area contributed by atoms with Crippen molar-refractivity contribution in [1.82, 2.24) is 14.8 Å². The highest BCUT2D eigenvalue weighted by Gasteiger charge is 2.23. The third-order valence-electron chi connectivity index (χ3n) is 3.51. The van der Waals surface area contributed by atoms with Gasteiger partial charge in [-0.2, -0.15) is 0 Å². The lowest BCUT2D eigenvalue weighted by atomic mass is 9.84. The van der Waals surface area contributed by atoms with Crippen LogP contribution >= 0.6 is 0 Å². The molecule has 2 rings (SSSR count). The number of hydrogen-bond donors (Lipinski definition) is 1. The number of rotatable bonds is 3. The van der Waals surface area contributed by atoms with Crippen LogP contribution < -0.4 is 0 Å². The summed E-state index contributed by atoms with van der Waals surface area (Å²) in [6.07, 6.45) is 8.06. The fourth-order valence-corrected chi connectivity index (χ4v) is 2.57. The summed E-state index contributed by atoms with van der Waals surface area (Å²) < 4.78 is 2.06. The van der Waals surface area contributed by atoms with Crippen LogP contribution in [0.5, 0.6) is 0 Å². The Hall–Kier alpha value is -0.900.